The monoisotopic (exact) mass is 559 g/mol. The maximum Gasteiger partial charge on any atom is 0.511 e. The average molecular weight is 559 g/mol. The quantitative estimate of drug-likeness (QED) is 0.182. The standard InChI is InChI=1S/C16H32F3N5O3S.HI/c1-20-15(21-7-11-23(2)8-4-12-27-3)22-13-14-5-9-24(10-6-14)28(25,26)16(17,18)19;/h14H,4-13H2,1-3H3,(H2,20,21,22);1H. The molecule has 1 saturated heterocycles. The van der Waals surface area contributed by atoms with Crippen LogP contribution in [0.25, 0.3) is 0 Å². The van der Waals surface area contributed by atoms with Gasteiger partial charge in [-0.05, 0) is 32.2 Å². The fourth-order valence-corrected chi connectivity index (χ4v) is 3.90. The molecule has 13 heteroatoms. The van der Waals surface area contributed by atoms with Crippen molar-refractivity contribution >= 4 is 40.0 Å². The molecular formula is C16H33F3IN5O3S. The molecule has 0 radical (unpaired) electrons. The average Bonchev–Trinajstić information content (AvgIpc) is 2.64. The zero-order chi connectivity index (χ0) is 21.2. The summed E-state index contributed by atoms with van der Waals surface area (Å²) in [7, 11) is 0.127. The van der Waals surface area contributed by atoms with E-state index in [1.165, 1.54) is 0 Å². The van der Waals surface area contributed by atoms with Crippen molar-refractivity contribution in [3.63, 3.8) is 0 Å². The van der Waals surface area contributed by atoms with Gasteiger partial charge in [0.2, 0.25) is 0 Å². The molecule has 0 aromatic rings. The molecule has 0 aliphatic carbocycles. The molecule has 8 nitrogen and oxygen atoms in total. The first-order valence-electron chi connectivity index (χ1n) is 9.30. The van der Waals surface area contributed by atoms with Crippen LogP contribution in [0.15, 0.2) is 4.99 Å². The van der Waals surface area contributed by atoms with Gasteiger partial charge in [-0.15, -0.1) is 24.0 Å². The highest BCUT2D eigenvalue weighted by atomic mass is 127. The van der Waals surface area contributed by atoms with Crippen LogP contribution in [-0.2, 0) is 14.8 Å². The minimum atomic E-state index is -5.24. The van der Waals surface area contributed by atoms with E-state index in [0.29, 0.717) is 36.2 Å². The van der Waals surface area contributed by atoms with Gasteiger partial charge in [-0.3, -0.25) is 4.99 Å². The normalized spacial score (nSPS) is 17.3. The molecule has 1 aliphatic heterocycles. The number of nitrogens with one attached hydrogen (secondary N) is 2. The predicted octanol–water partition coefficient (Wildman–Crippen LogP) is 1.30. The number of likely N-dealkylation sites (N-methyl/N-ethyl adjacent to an activating group) is 1. The Balaban J connectivity index is 0.00000784. The van der Waals surface area contributed by atoms with E-state index < -0.39 is 15.5 Å². The van der Waals surface area contributed by atoms with Crippen LogP contribution in [0.2, 0.25) is 0 Å². The largest absolute Gasteiger partial charge is 0.511 e. The zero-order valence-corrected chi connectivity index (χ0v) is 20.3. The Morgan fingerprint density at radius 2 is 1.86 bits per heavy atom. The summed E-state index contributed by atoms with van der Waals surface area (Å²) in [5.74, 6) is 0.714. The van der Waals surface area contributed by atoms with Crippen molar-refractivity contribution in [3.8, 4) is 0 Å². The van der Waals surface area contributed by atoms with Gasteiger partial charge in [0.05, 0.1) is 0 Å². The van der Waals surface area contributed by atoms with Crippen LogP contribution < -0.4 is 10.6 Å². The van der Waals surface area contributed by atoms with Crippen molar-refractivity contribution in [1.82, 2.24) is 19.8 Å². The van der Waals surface area contributed by atoms with E-state index in [9.17, 15) is 21.6 Å². The lowest BCUT2D eigenvalue weighted by molar-refractivity contribution is -0.0496. The van der Waals surface area contributed by atoms with Gasteiger partial charge >= 0.3 is 15.5 Å². The van der Waals surface area contributed by atoms with E-state index in [1.807, 2.05) is 7.05 Å². The van der Waals surface area contributed by atoms with E-state index in [2.05, 4.69) is 20.5 Å². The number of halogens is 4. The van der Waals surface area contributed by atoms with Crippen LogP contribution in [-0.4, -0.2) is 96.2 Å². The van der Waals surface area contributed by atoms with E-state index in [-0.39, 0.29) is 43.0 Å². The minimum Gasteiger partial charge on any atom is -0.385 e. The Morgan fingerprint density at radius 1 is 1.24 bits per heavy atom. The van der Waals surface area contributed by atoms with Gasteiger partial charge in [-0.1, -0.05) is 0 Å². The van der Waals surface area contributed by atoms with Crippen molar-refractivity contribution in [2.75, 3.05) is 67.1 Å². The number of guanidine groups is 1. The van der Waals surface area contributed by atoms with Crippen molar-refractivity contribution in [1.29, 1.82) is 0 Å². The van der Waals surface area contributed by atoms with Crippen molar-refractivity contribution < 1.29 is 26.3 Å². The number of hydrogen-bond donors (Lipinski definition) is 2. The highest BCUT2D eigenvalue weighted by Crippen LogP contribution is 2.30. The number of ether oxygens (including phenoxy) is 1. The number of sulfonamides is 1. The Morgan fingerprint density at radius 3 is 2.38 bits per heavy atom. The topological polar surface area (TPSA) is 86.3 Å². The van der Waals surface area contributed by atoms with Crippen molar-refractivity contribution in [3.05, 3.63) is 0 Å². The molecule has 0 amide bonds. The van der Waals surface area contributed by atoms with Gasteiger partial charge in [0.1, 0.15) is 0 Å². The second kappa shape index (κ2) is 13.8. The van der Waals surface area contributed by atoms with E-state index >= 15 is 0 Å². The molecule has 0 aromatic heterocycles. The first-order chi connectivity index (χ1) is 13.1. The van der Waals surface area contributed by atoms with E-state index in [0.717, 1.165) is 26.1 Å². The lowest BCUT2D eigenvalue weighted by atomic mass is 9.98. The second-order valence-electron chi connectivity index (χ2n) is 6.82. The maximum absolute atomic E-state index is 12.6. The number of piperidine rings is 1. The summed E-state index contributed by atoms with van der Waals surface area (Å²) in [5.41, 5.74) is -5.24. The molecule has 0 aromatic carbocycles. The third-order valence-corrected chi connectivity index (χ3v) is 6.29. The first-order valence-corrected chi connectivity index (χ1v) is 10.7. The lowest BCUT2D eigenvalue weighted by Gasteiger charge is -2.31. The Labute approximate surface area is 188 Å². The fourth-order valence-electron chi connectivity index (χ4n) is 2.92. The molecule has 29 heavy (non-hydrogen) atoms. The van der Waals surface area contributed by atoms with Crippen LogP contribution in [0.4, 0.5) is 13.2 Å². The van der Waals surface area contributed by atoms with Crippen molar-refractivity contribution in [2.24, 2.45) is 10.9 Å². The summed E-state index contributed by atoms with van der Waals surface area (Å²) >= 11 is 0. The summed E-state index contributed by atoms with van der Waals surface area (Å²) in [5, 5.41) is 6.35. The smallest absolute Gasteiger partial charge is 0.385 e. The first kappa shape index (κ1) is 28.6. The molecule has 0 spiro atoms. The second-order valence-corrected chi connectivity index (χ2v) is 8.75. The summed E-state index contributed by atoms with van der Waals surface area (Å²) in [4.78, 5) is 6.31. The molecule has 1 rings (SSSR count). The maximum atomic E-state index is 12.6. The summed E-state index contributed by atoms with van der Waals surface area (Å²) in [6.07, 6.45) is 1.71. The third-order valence-electron chi connectivity index (χ3n) is 4.66. The Hall–Kier alpha value is -0.380. The van der Waals surface area contributed by atoms with Gasteiger partial charge in [0.25, 0.3) is 0 Å². The van der Waals surface area contributed by atoms with Crippen LogP contribution in [0.3, 0.4) is 0 Å². The predicted molar refractivity (Wildman–Crippen MR) is 118 cm³/mol. The van der Waals surface area contributed by atoms with Crippen LogP contribution in [0, 0.1) is 5.92 Å². The molecule has 2 N–H and O–H groups in total. The van der Waals surface area contributed by atoms with Crippen LogP contribution >= 0.6 is 24.0 Å². The van der Waals surface area contributed by atoms with E-state index in [1.54, 1.807) is 14.2 Å². The molecule has 0 saturated carbocycles. The molecule has 1 heterocycles. The zero-order valence-electron chi connectivity index (χ0n) is 17.2. The van der Waals surface area contributed by atoms with Gasteiger partial charge in [0, 0.05) is 60.0 Å². The molecule has 0 atom stereocenters. The molecular weight excluding hydrogens is 526 g/mol. The third kappa shape index (κ3) is 9.98. The molecule has 174 valence electrons. The van der Waals surface area contributed by atoms with E-state index in [4.69, 9.17) is 4.74 Å². The highest BCUT2D eigenvalue weighted by molar-refractivity contribution is 14.0. The molecule has 1 fully saturated rings. The van der Waals surface area contributed by atoms with Gasteiger partial charge in [-0.25, -0.2) is 8.42 Å². The Kier molecular flexibility index (Phi) is 13.6. The number of hydrogen-bond acceptors (Lipinski definition) is 5. The highest BCUT2D eigenvalue weighted by Gasteiger charge is 2.50. The number of methoxy groups -OCH3 is 1. The SMILES string of the molecule is CN=C(NCCN(C)CCCOC)NCC1CCN(S(=O)(=O)C(F)(F)F)CC1.I. The molecule has 0 unspecified atom stereocenters. The lowest BCUT2D eigenvalue weighted by Crippen LogP contribution is -2.47. The van der Waals surface area contributed by atoms with Crippen molar-refractivity contribution in [2.45, 2.75) is 24.8 Å². The fraction of sp³-hybridized carbons (Fsp3) is 0.938. The molecule has 0 bridgehead atoms. The number of aliphatic imine (C=N–C) groups is 1. The minimum absolute atomic E-state index is 0. The van der Waals surface area contributed by atoms with Gasteiger partial charge in [-0.2, -0.15) is 17.5 Å². The molecule has 1 aliphatic rings. The van der Waals surface area contributed by atoms with Gasteiger partial charge in [0.15, 0.2) is 5.96 Å². The number of rotatable bonds is 10. The summed E-state index contributed by atoms with van der Waals surface area (Å²) in [6, 6.07) is 0. The van der Waals surface area contributed by atoms with Gasteiger partial charge < -0.3 is 20.3 Å². The summed E-state index contributed by atoms with van der Waals surface area (Å²) < 4.78 is 66.2. The number of alkyl halides is 3. The van der Waals surface area contributed by atoms with Crippen LogP contribution in [0.5, 0.6) is 0 Å². The summed E-state index contributed by atoms with van der Waals surface area (Å²) in [6.45, 7) is 3.48. The number of nitrogens with zero attached hydrogens (tertiary/aromatic N) is 3. The van der Waals surface area contributed by atoms with Crippen LogP contribution in [0.1, 0.15) is 19.3 Å². The Bertz CT molecular complexity index is 585.